The fraction of sp³-hybridized carbons (Fsp3) is 0.0833. The number of hydrogen-bond donors (Lipinski definition) is 0. The predicted molar refractivity (Wildman–Crippen MR) is 54.4 cm³/mol. The molecule has 0 aliphatic rings. The summed E-state index contributed by atoms with van der Waals surface area (Å²) in [7, 11) is 0. The molecule has 1 aromatic carbocycles. The molecule has 0 fully saturated rings. The van der Waals surface area contributed by atoms with Gasteiger partial charge in [0.25, 0.3) is 0 Å². The van der Waals surface area contributed by atoms with Crippen molar-refractivity contribution < 1.29 is 6.85 Å². The van der Waals surface area contributed by atoms with Gasteiger partial charge in [0.15, 0.2) is 0 Å². The Bertz CT molecular complexity index is 595. The monoisotopic (exact) mass is 174 g/mol. The van der Waals surface area contributed by atoms with Crippen LogP contribution >= 0.6 is 0 Å². The molecule has 1 heteroatoms. The molecule has 2 rings (SSSR count). The molecule has 64 valence electrons. The third-order valence-electron chi connectivity index (χ3n) is 1.67. The molecule has 1 aromatic heterocycles. The lowest BCUT2D eigenvalue weighted by molar-refractivity contribution is 1.29. The Morgan fingerprint density at radius 2 is 2.00 bits per heavy atom. The highest BCUT2D eigenvalue weighted by atomic mass is 14.7. The normalized spacial score (nSPS) is 15.3. The van der Waals surface area contributed by atoms with E-state index in [1.165, 1.54) is 0 Å². The first-order valence-electron chi connectivity index (χ1n) is 6.43. The van der Waals surface area contributed by atoms with Gasteiger partial charge in [0, 0.05) is 11.8 Å². The van der Waals surface area contributed by atoms with E-state index in [1.807, 2.05) is 6.92 Å². The van der Waals surface area contributed by atoms with E-state index >= 15 is 0 Å². The van der Waals surface area contributed by atoms with Crippen molar-refractivity contribution >= 4 is 0 Å². The Hall–Kier alpha value is -1.63. The maximum atomic E-state index is 7.83. The number of hydrogen-bond acceptors (Lipinski definition) is 1. The van der Waals surface area contributed by atoms with Gasteiger partial charge in [-0.15, -0.1) is 0 Å². The first-order valence-corrected chi connectivity index (χ1v) is 3.93. The lowest BCUT2D eigenvalue weighted by atomic mass is 10.1. The minimum atomic E-state index is -0.388. The molecule has 1 nitrogen and oxygen atoms in total. The van der Waals surface area contributed by atoms with Crippen molar-refractivity contribution in [2.75, 3.05) is 0 Å². The molecule has 0 aliphatic carbocycles. The molecule has 1 heterocycles. The fourth-order valence-electron chi connectivity index (χ4n) is 1.05. The van der Waals surface area contributed by atoms with E-state index < -0.39 is 0 Å². The van der Waals surface area contributed by atoms with Crippen molar-refractivity contribution in [3.63, 3.8) is 0 Å². The first-order chi connectivity index (χ1) is 8.43. The predicted octanol–water partition coefficient (Wildman–Crippen LogP) is 3.06. The topological polar surface area (TPSA) is 12.9 Å². The van der Waals surface area contributed by atoms with Crippen LogP contribution in [0, 0.1) is 6.92 Å². The van der Waals surface area contributed by atoms with Gasteiger partial charge in [-0.25, -0.2) is 0 Å². The summed E-state index contributed by atoms with van der Waals surface area (Å²) in [6.07, 6.45) is 1.56. The Morgan fingerprint density at radius 1 is 1.23 bits per heavy atom. The molecule has 0 amide bonds. The standard InChI is InChI=1S/C12H11N/c1-10-7-8-13-12(9-10)11-5-3-2-4-6-11/h2-9H,1H3/i2D,3D,4D,5D,6D. The second kappa shape index (κ2) is 3.40. The first kappa shape index (κ1) is 4.05. The van der Waals surface area contributed by atoms with Crippen LogP contribution in [0.4, 0.5) is 0 Å². The van der Waals surface area contributed by atoms with Crippen LogP contribution in [-0.4, -0.2) is 4.98 Å². The van der Waals surface area contributed by atoms with Gasteiger partial charge in [0.1, 0.15) is 0 Å². The van der Waals surface area contributed by atoms with E-state index in [4.69, 9.17) is 6.85 Å². The minimum absolute atomic E-state index is 0.143. The molecule has 2 aromatic rings. The van der Waals surface area contributed by atoms with Gasteiger partial charge in [-0.2, -0.15) is 0 Å². The van der Waals surface area contributed by atoms with Crippen molar-refractivity contribution in [3.8, 4) is 11.3 Å². The molecule has 0 saturated heterocycles. The summed E-state index contributed by atoms with van der Waals surface area (Å²) in [4.78, 5) is 4.08. The van der Waals surface area contributed by atoms with E-state index in [2.05, 4.69) is 4.98 Å². The maximum Gasteiger partial charge on any atom is 0.0704 e. The largest absolute Gasteiger partial charge is 0.256 e. The van der Waals surface area contributed by atoms with Crippen molar-refractivity contribution in [2.45, 2.75) is 6.92 Å². The molecule has 0 atom stereocenters. The summed E-state index contributed by atoms with van der Waals surface area (Å²) in [5.74, 6) is 0. The van der Waals surface area contributed by atoms with E-state index in [0.717, 1.165) is 5.56 Å². The zero-order valence-corrected chi connectivity index (χ0v) is 7.18. The number of benzene rings is 1. The number of nitrogens with zero attached hydrogens (tertiary/aromatic N) is 1. The summed E-state index contributed by atoms with van der Waals surface area (Å²) in [6, 6.07) is 1.98. The summed E-state index contributed by atoms with van der Waals surface area (Å²) in [6.45, 7) is 1.86. The van der Waals surface area contributed by atoms with Gasteiger partial charge < -0.3 is 0 Å². The summed E-state index contributed by atoms with van der Waals surface area (Å²) in [5.41, 5.74) is 1.46. The van der Waals surface area contributed by atoms with Crippen molar-refractivity contribution in [1.29, 1.82) is 0 Å². The average Bonchev–Trinajstić information content (AvgIpc) is 2.34. The molecule has 0 bridgehead atoms. The molecule has 0 radical (unpaired) electrons. The smallest absolute Gasteiger partial charge is 0.0704 e. The molecular formula is C12H11N. The molecule has 0 saturated carbocycles. The molecule has 0 aliphatic heterocycles. The van der Waals surface area contributed by atoms with E-state index in [1.54, 1.807) is 18.3 Å². The maximum absolute atomic E-state index is 7.83. The Labute approximate surface area is 85.1 Å². The van der Waals surface area contributed by atoms with E-state index in [9.17, 15) is 0 Å². The van der Waals surface area contributed by atoms with Crippen molar-refractivity contribution in [2.24, 2.45) is 0 Å². The minimum Gasteiger partial charge on any atom is -0.256 e. The van der Waals surface area contributed by atoms with Gasteiger partial charge in [-0.1, -0.05) is 30.2 Å². The van der Waals surface area contributed by atoms with Gasteiger partial charge >= 0.3 is 0 Å². The van der Waals surface area contributed by atoms with E-state index in [0.29, 0.717) is 5.69 Å². The molecule has 13 heavy (non-hydrogen) atoms. The SMILES string of the molecule is [2H]c1c([2H])c([2H])c(-c2cc(C)ccn2)c([2H])c1[2H]. The second-order valence-electron chi connectivity index (χ2n) is 2.72. The highest BCUT2D eigenvalue weighted by Crippen LogP contribution is 2.16. The van der Waals surface area contributed by atoms with Crippen LogP contribution in [0.2, 0.25) is 0 Å². The number of aryl methyl sites for hydroxylation is 1. The molecule has 0 N–H and O–H groups in total. The second-order valence-corrected chi connectivity index (χ2v) is 2.72. The highest BCUT2D eigenvalue weighted by molar-refractivity contribution is 5.59. The van der Waals surface area contributed by atoms with Crippen LogP contribution in [0.5, 0.6) is 0 Å². The summed E-state index contributed by atoms with van der Waals surface area (Å²) in [5, 5.41) is 0. The third-order valence-corrected chi connectivity index (χ3v) is 1.67. The average molecular weight is 174 g/mol. The Morgan fingerprint density at radius 3 is 2.69 bits per heavy atom. The van der Waals surface area contributed by atoms with Crippen LogP contribution in [-0.2, 0) is 0 Å². The molecule has 0 spiro atoms. The summed E-state index contributed by atoms with van der Waals surface area (Å²) < 4.78 is 38.4. The number of pyridine rings is 1. The van der Waals surface area contributed by atoms with Crippen LogP contribution in [0.15, 0.2) is 48.5 Å². The number of aromatic nitrogens is 1. The van der Waals surface area contributed by atoms with Gasteiger partial charge in [0.2, 0.25) is 0 Å². The van der Waals surface area contributed by atoms with Crippen LogP contribution in [0.3, 0.4) is 0 Å². The lowest BCUT2D eigenvalue weighted by Gasteiger charge is -2.00. The zero-order valence-electron chi connectivity index (χ0n) is 12.2. The van der Waals surface area contributed by atoms with Crippen molar-refractivity contribution in [3.05, 3.63) is 54.1 Å². The lowest BCUT2D eigenvalue weighted by Crippen LogP contribution is -1.82. The van der Waals surface area contributed by atoms with Crippen LogP contribution in [0.25, 0.3) is 11.3 Å². The molecular weight excluding hydrogens is 158 g/mol. The Balaban J connectivity index is 2.80. The Kier molecular flexibility index (Phi) is 1.06. The summed E-state index contributed by atoms with van der Waals surface area (Å²) >= 11 is 0. The van der Waals surface area contributed by atoms with Gasteiger partial charge in [-0.3, -0.25) is 4.98 Å². The fourth-order valence-corrected chi connectivity index (χ4v) is 1.05. The zero-order chi connectivity index (χ0) is 13.4. The van der Waals surface area contributed by atoms with Crippen LogP contribution in [0.1, 0.15) is 12.4 Å². The third kappa shape index (κ3) is 1.75. The number of rotatable bonds is 1. The van der Waals surface area contributed by atoms with Gasteiger partial charge in [0.05, 0.1) is 12.5 Å². The van der Waals surface area contributed by atoms with Crippen LogP contribution < -0.4 is 0 Å². The molecule has 0 unspecified atom stereocenters. The highest BCUT2D eigenvalue weighted by Gasteiger charge is 1.96. The van der Waals surface area contributed by atoms with Crippen molar-refractivity contribution in [1.82, 2.24) is 4.98 Å². The quantitative estimate of drug-likeness (QED) is 0.647. The van der Waals surface area contributed by atoms with Gasteiger partial charge in [-0.05, 0) is 24.6 Å². The van der Waals surface area contributed by atoms with E-state index in [-0.39, 0.29) is 35.8 Å².